The lowest BCUT2D eigenvalue weighted by atomic mass is 10.0. The van der Waals surface area contributed by atoms with Gasteiger partial charge in [-0.3, -0.25) is 0 Å². The van der Waals surface area contributed by atoms with Gasteiger partial charge < -0.3 is 5.11 Å². The quantitative estimate of drug-likeness (QED) is 0.728. The average molecular weight is 169 g/mol. The number of aliphatic hydroxyl groups is 1. The van der Waals surface area contributed by atoms with Crippen LogP contribution in [0, 0.1) is 0 Å². The van der Waals surface area contributed by atoms with Crippen molar-refractivity contribution in [3.8, 4) is 0 Å². The second kappa shape index (κ2) is 2.29. The van der Waals surface area contributed by atoms with E-state index >= 15 is 0 Å². The van der Waals surface area contributed by atoms with E-state index in [0.717, 1.165) is 17.8 Å². The molecule has 1 N–H and O–H groups in total. The molecule has 2 rings (SSSR count). The highest BCUT2D eigenvalue weighted by molar-refractivity contribution is 7.09. The molecule has 1 heterocycles. The lowest BCUT2D eigenvalue weighted by molar-refractivity contribution is 0.150. The van der Waals surface area contributed by atoms with Crippen molar-refractivity contribution in [2.75, 3.05) is 0 Å². The zero-order valence-corrected chi connectivity index (χ0v) is 7.27. The van der Waals surface area contributed by atoms with Crippen molar-refractivity contribution < 1.29 is 5.11 Å². The van der Waals surface area contributed by atoms with Gasteiger partial charge in [0.25, 0.3) is 0 Å². The van der Waals surface area contributed by atoms with Gasteiger partial charge in [0.1, 0.15) is 5.01 Å². The van der Waals surface area contributed by atoms with Crippen LogP contribution in [0.4, 0.5) is 0 Å². The van der Waals surface area contributed by atoms with Gasteiger partial charge in [-0.25, -0.2) is 4.98 Å². The van der Waals surface area contributed by atoms with Crippen LogP contribution in [0.3, 0.4) is 0 Å². The first-order valence-corrected chi connectivity index (χ1v) is 4.72. The second-order valence-electron chi connectivity index (χ2n) is 3.17. The minimum absolute atomic E-state index is 0.0359. The summed E-state index contributed by atoms with van der Waals surface area (Å²) in [6.07, 6.45) is 3.76. The number of hydrogen-bond donors (Lipinski definition) is 1. The fraction of sp³-hybridized carbons (Fsp3) is 0.625. The topological polar surface area (TPSA) is 33.1 Å². The Hall–Kier alpha value is -0.410. The van der Waals surface area contributed by atoms with Crippen LogP contribution in [-0.4, -0.2) is 16.2 Å². The van der Waals surface area contributed by atoms with Crippen molar-refractivity contribution >= 4 is 11.3 Å². The van der Waals surface area contributed by atoms with Crippen LogP contribution in [0.25, 0.3) is 0 Å². The molecule has 1 aliphatic carbocycles. The molecule has 1 aromatic heterocycles. The molecule has 1 fully saturated rings. The fourth-order valence-corrected chi connectivity index (χ4v) is 2.40. The van der Waals surface area contributed by atoms with Crippen LogP contribution in [-0.2, 0) is 5.41 Å². The molecule has 0 aliphatic heterocycles. The third kappa shape index (κ3) is 0.993. The van der Waals surface area contributed by atoms with Crippen LogP contribution in [0.15, 0.2) is 11.6 Å². The molecule has 0 spiro atoms. The van der Waals surface area contributed by atoms with Crippen molar-refractivity contribution in [2.24, 2.45) is 0 Å². The first kappa shape index (κ1) is 7.25. The van der Waals surface area contributed by atoms with E-state index < -0.39 is 0 Å². The lowest BCUT2D eigenvalue weighted by Gasteiger charge is -2.14. The summed E-state index contributed by atoms with van der Waals surface area (Å²) in [4.78, 5) is 4.23. The molecule has 1 atom stereocenters. The fourth-order valence-electron chi connectivity index (χ4n) is 1.41. The SMILES string of the molecule is CC(O)C1(c2nccs2)CC1. The molecular weight excluding hydrogens is 158 g/mol. The summed E-state index contributed by atoms with van der Waals surface area (Å²) in [6.45, 7) is 1.86. The molecule has 0 aromatic carbocycles. The maximum Gasteiger partial charge on any atom is 0.101 e. The average Bonchev–Trinajstić information content (AvgIpc) is 2.61. The Morgan fingerprint density at radius 2 is 2.45 bits per heavy atom. The van der Waals surface area contributed by atoms with Gasteiger partial charge in [-0.05, 0) is 19.8 Å². The molecule has 0 radical (unpaired) electrons. The Balaban J connectivity index is 2.29. The second-order valence-corrected chi connectivity index (χ2v) is 4.06. The number of nitrogens with zero attached hydrogens (tertiary/aromatic N) is 1. The summed E-state index contributed by atoms with van der Waals surface area (Å²) in [5, 5.41) is 12.6. The van der Waals surface area contributed by atoms with E-state index in [4.69, 9.17) is 0 Å². The number of aromatic nitrogens is 1. The third-order valence-electron chi connectivity index (χ3n) is 2.45. The number of aliphatic hydroxyl groups excluding tert-OH is 1. The first-order chi connectivity index (χ1) is 5.26. The lowest BCUT2D eigenvalue weighted by Crippen LogP contribution is -2.22. The van der Waals surface area contributed by atoms with Gasteiger partial charge in [-0.1, -0.05) is 0 Å². The summed E-state index contributed by atoms with van der Waals surface area (Å²) in [5.41, 5.74) is 0.0359. The van der Waals surface area contributed by atoms with Crippen molar-refractivity contribution in [1.82, 2.24) is 4.98 Å². The predicted octanol–water partition coefficient (Wildman–Crippen LogP) is 1.56. The van der Waals surface area contributed by atoms with Gasteiger partial charge in [0.2, 0.25) is 0 Å². The van der Waals surface area contributed by atoms with Crippen molar-refractivity contribution in [2.45, 2.75) is 31.3 Å². The predicted molar refractivity (Wildman–Crippen MR) is 44.7 cm³/mol. The standard InChI is InChI=1S/C8H11NOS/c1-6(10)8(2-3-8)7-9-4-5-11-7/h4-6,10H,2-3H2,1H3. The summed E-state index contributed by atoms with van der Waals surface area (Å²) in [6, 6.07) is 0. The Bertz CT molecular complexity index is 239. The van der Waals surface area contributed by atoms with E-state index in [9.17, 15) is 5.11 Å². The monoisotopic (exact) mass is 169 g/mol. The molecule has 60 valence electrons. The van der Waals surface area contributed by atoms with E-state index in [-0.39, 0.29) is 11.5 Å². The number of thiazole rings is 1. The molecule has 0 amide bonds. The summed E-state index contributed by atoms with van der Waals surface area (Å²) >= 11 is 1.65. The third-order valence-corrected chi connectivity index (χ3v) is 3.44. The van der Waals surface area contributed by atoms with Gasteiger partial charge in [0.05, 0.1) is 6.10 Å². The zero-order chi connectivity index (χ0) is 7.90. The first-order valence-electron chi connectivity index (χ1n) is 3.84. The van der Waals surface area contributed by atoms with Crippen molar-refractivity contribution in [3.63, 3.8) is 0 Å². The van der Waals surface area contributed by atoms with Gasteiger partial charge >= 0.3 is 0 Å². The molecule has 1 aliphatic rings. The van der Waals surface area contributed by atoms with Crippen LogP contribution >= 0.6 is 11.3 Å². The summed E-state index contributed by atoms with van der Waals surface area (Å²) in [5.74, 6) is 0. The molecule has 1 aromatic rings. The molecule has 1 unspecified atom stereocenters. The molecule has 11 heavy (non-hydrogen) atoms. The molecule has 1 saturated carbocycles. The van der Waals surface area contributed by atoms with Crippen LogP contribution in [0.2, 0.25) is 0 Å². The highest BCUT2D eigenvalue weighted by Crippen LogP contribution is 2.51. The minimum atomic E-state index is -0.242. The van der Waals surface area contributed by atoms with Crippen LogP contribution < -0.4 is 0 Å². The van der Waals surface area contributed by atoms with Crippen LogP contribution in [0.5, 0.6) is 0 Å². The Kier molecular flexibility index (Phi) is 1.51. The molecule has 0 saturated heterocycles. The van der Waals surface area contributed by atoms with Gasteiger partial charge in [0, 0.05) is 17.0 Å². The van der Waals surface area contributed by atoms with Crippen molar-refractivity contribution in [1.29, 1.82) is 0 Å². The molecule has 2 nitrogen and oxygen atoms in total. The maximum absolute atomic E-state index is 9.48. The summed E-state index contributed by atoms with van der Waals surface area (Å²) < 4.78 is 0. The largest absolute Gasteiger partial charge is 0.392 e. The highest BCUT2D eigenvalue weighted by atomic mass is 32.1. The van der Waals surface area contributed by atoms with E-state index in [1.54, 1.807) is 11.3 Å². The van der Waals surface area contributed by atoms with Gasteiger partial charge in [-0.2, -0.15) is 0 Å². The Morgan fingerprint density at radius 3 is 2.82 bits per heavy atom. The normalized spacial score (nSPS) is 23.1. The summed E-state index contributed by atoms with van der Waals surface area (Å²) in [7, 11) is 0. The van der Waals surface area contributed by atoms with Gasteiger partial charge in [0.15, 0.2) is 0 Å². The minimum Gasteiger partial charge on any atom is -0.392 e. The Labute approximate surface area is 69.9 Å². The zero-order valence-electron chi connectivity index (χ0n) is 6.45. The van der Waals surface area contributed by atoms with E-state index in [1.807, 2.05) is 18.5 Å². The van der Waals surface area contributed by atoms with E-state index in [1.165, 1.54) is 0 Å². The van der Waals surface area contributed by atoms with E-state index in [2.05, 4.69) is 4.98 Å². The Morgan fingerprint density at radius 1 is 1.73 bits per heavy atom. The molecule has 3 heteroatoms. The van der Waals surface area contributed by atoms with Crippen LogP contribution in [0.1, 0.15) is 24.8 Å². The smallest absolute Gasteiger partial charge is 0.101 e. The highest BCUT2D eigenvalue weighted by Gasteiger charge is 2.50. The number of rotatable bonds is 2. The molecular formula is C8H11NOS. The van der Waals surface area contributed by atoms with Gasteiger partial charge in [-0.15, -0.1) is 11.3 Å². The molecule has 0 bridgehead atoms. The maximum atomic E-state index is 9.48. The van der Waals surface area contributed by atoms with Crippen molar-refractivity contribution in [3.05, 3.63) is 16.6 Å². The number of hydrogen-bond acceptors (Lipinski definition) is 3. The van der Waals surface area contributed by atoms with E-state index in [0.29, 0.717) is 0 Å².